The molecule has 0 bridgehead atoms. The van der Waals surface area contributed by atoms with Crippen molar-refractivity contribution in [3.63, 3.8) is 0 Å². The zero-order chi connectivity index (χ0) is 14.0. The number of hydrogen-bond donors (Lipinski definition) is 1. The van der Waals surface area contributed by atoms with Crippen molar-refractivity contribution in [2.45, 2.75) is 25.7 Å². The maximum Gasteiger partial charge on any atom is 0.127 e. The van der Waals surface area contributed by atoms with Crippen LogP contribution in [-0.4, -0.2) is 11.7 Å². The Labute approximate surface area is 120 Å². The molecule has 2 heteroatoms. The van der Waals surface area contributed by atoms with E-state index in [1.165, 1.54) is 5.56 Å². The van der Waals surface area contributed by atoms with Crippen molar-refractivity contribution >= 4 is 0 Å². The summed E-state index contributed by atoms with van der Waals surface area (Å²) in [6.45, 7) is 2.43. The first-order valence-electron chi connectivity index (χ1n) is 7.12. The number of aliphatic hydroxyl groups excluding tert-OH is 1. The van der Waals surface area contributed by atoms with Crippen molar-refractivity contribution in [2.75, 3.05) is 6.61 Å². The summed E-state index contributed by atoms with van der Waals surface area (Å²) in [6, 6.07) is 18.1. The van der Waals surface area contributed by atoms with Gasteiger partial charge in [-0.3, -0.25) is 0 Å². The third-order valence-electron chi connectivity index (χ3n) is 4.17. The summed E-state index contributed by atoms with van der Waals surface area (Å²) >= 11 is 0. The maximum absolute atomic E-state index is 9.33. The Morgan fingerprint density at radius 3 is 2.45 bits per heavy atom. The quantitative estimate of drug-likeness (QED) is 0.893. The SMILES string of the molecule is C[C@]1(CO)C[C@@H](c2cccc(Oc3ccccc3)c2)C1. The van der Waals surface area contributed by atoms with Gasteiger partial charge in [-0.1, -0.05) is 37.3 Å². The van der Waals surface area contributed by atoms with E-state index < -0.39 is 0 Å². The highest BCUT2D eigenvalue weighted by Crippen LogP contribution is 2.50. The molecule has 1 aliphatic carbocycles. The lowest BCUT2D eigenvalue weighted by molar-refractivity contribution is 0.0434. The molecule has 0 aliphatic heterocycles. The topological polar surface area (TPSA) is 29.5 Å². The van der Waals surface area contributed by atoms with E-state index in [0.29, 0.717) is 5.92 Å². The van der Waals surface area contributed by atoms with Crippen molar-refractivity contribution < 1.29 is 9.84 Å². The zero-order valence-corrected chi connectivity index (χ0v) is 11.8. The summed E-state index contributed by atoms with van der Waals surface area (Å²) < 4.78 is 5.87. The Hall–Kier alpha value is -1.80. The fourth-order valence-corrected chi connectivity index (χ4v) is 2.95. The van der Waals surface area contributed by atoms with Crippen LogP contribution in [0.4, 0.5) is 0 Å². The molecule has 0 radical (unpaired) electrons. The highest BCUT2D eigenvalue weighted by atomic mass is 16.5. The number of para-hydroxylation sites is 1. The smallest absolute Gasteiger partial charge is 0.127 e. The fourth-order valence-electron chi connectivity index (χ4n) is 2.95. The van der Waals surface area contributed by atoms with E-state index in [4.69, 9.17) is 4.74 Å². The van der Waals surface area contributed by atoms with Gasteiger partial charge in [0.25, 0.3) is 0 Å². The van der Waals surface area contributed by atoms with E-state index in [1.54, 1.807) is 0 Å². The highest BCUT2D eigenvalue weighted by molar-refractivity contribution is 5.36. The minimum Gasteiger partial charge on any atom is -0.457 e. The van der Waals surface area contributed by atoms with Gasteiger partial charge in [0, 0.05) is 6.61 Å². The maximum atomic E-state index is 9.33. The molecular formula is C18H20O2. The van der Waals surface area contributed by atoms with Crippen LogP contribution in [0.1, 0.15) is 31.2 Å². The van der Waals surface area contributed by atoms with Gasteiger partial charge in [-0.05, 0) is 54.0 Å². The number of rotatable bonds is 4. The number of ether oxygens (including phenoxy) is 1. The summed E-state index contributed by atoms with van der Waals surface area (Å²) in [4.78, 5) is 0. The minimum atomic E-state index is 0.112. The molecule has 1 N–H and O–H groups in total. The number of benzene rings is 2. The Bertz CT molecular complexity index is 571. The van der Waals surface area contributed by atoms with E-state index in [-0.39, 0.29) is 12.0 Å². The van der Waals surface area contributed by atoms with Gasteiger partial charge in [0.15, 0.2) is 0 Å². The molecule has 2 nitrogen and oxygen atoms in total. The van der Waals surface area contributed by atoms with Gasteiger partial charge in [0.2, 0.25) is 0 Å². The molecule has 1 saturated carbocycles. The first-order chi connectivity index (χ1) is 9.68. The van der Waals surface area contributed by atoms with E-state index in [1.807, 2.05) is 42.5 Å². The molecule has 3 rings (SSSR count). The lowest BCUT2D eigenvalue weighted by Gasteiger charge is -2.44. The van der Waals surface area contributed by atoms with Crippen LogP contribution in [-0.2, 0) is 0 Å². The summed E-state index contributed by atoms with van der Waals surface area (Å²) in [5.74, 6) is 2.29. The second-order valence-corrected chi connectivity index (χ2v) is 6.06. The molecule has 104 valence electrons. The summed E-state index contributed by atoms with van der Waals surface area (Å²) in [6.07, 6.45) is 2.11. The summed E-state index contributed by atoms with van der Waals surface area (Å²) in [7, 11) is 0. The molecule has 2 aromatic rings. The molecule has 0 atom stereocenters. The normalized spacial score (nSPS) is 25.0. The fraction of sp³-hybridized carbons (Fsp3) is 0.333. The molecule has 20 heavy (non-hydrogen) atoms. The molecule has 0 heterocycles. The van der Waals surface area contributed by atoms with Crippen LogP contribution in [0, 0.1) is 5.41 Å². The summed E-state index contributed by atoms with van der Waals surface area (Å²) in [5, 5.41) is 9.33. The van der Waals surface area contributed by atoms with Gasteiger partial charge >= 0.3 is 0 Å². The third kappa shape index (κ3) is 2.70. The molecule has 0 aromatic heterocycles. The predicted octanol–water partition coefficient (Wildman–Crippen LogP) is 4.35. The van der Waals surface area contributed by atoms with Crippen LogP contribution < -0.4 is 4.74 Å². The van der Waals surface area contributed by atoms with E-state index in [9.17, 15) is 5.11 Å². The number of hydrogen-bond acceptors (Lipinski definition) is 2. The zero-order valence-electron chi connectivity index (χ0n) is 11.8. The third-order valence-corrected chi connectivity index (χ3v) is 4.17. The van der Waals surface area contributed by atoms with Gasteiger partial charge < -0.3 is 9.84 Å². The van der Waals surface area contributed by atoms with Gasteiger partial charge in [-0.15, -0.1) is 0 Å². The van der Waals surface area contributed by atoms with E-state index in [2.05, 4.69) is 19.1 Å². The van der Waals surface area contributed by atoms with Crippen LogP contribution in [0.25, 0.3) is 0 Å². The minimum absolute atomic E-state index is 0.112. The Balaban J connectivity index is 1.71. The molecular weight excluding hydrogens is 248 g/mol. The first kappa shape index (κ1) is 13.2. The molecule has 0 spiro atoms. The van der Waals surface area contributed by atoms with Crippen LogP contribution in [0.2, 0.25) is 0 Å². The van der Waals surface area contributed by atoms with Crippen molar-refractivity contribution in [2.24, 2.45) is 5.41 Å². The Morgan fingerprint density at radius 1 is 1.05 bits per heavy atom. The highest BCUT2D eigenvalue weighted by Gasteiger charge is 2.40. The van der Waals surface area contributed by atoms with Crippen LogP contribution in [0.5, 0.6) is 11.5 Å². The van der Waals surface area contributed by atoms with E-state index in [0.717, 1.165) is 24.3 Å². The van der Waals surface area contributed by atoms with Gasteiger partial charge in [0.05, 0.1) is 0 Å². The van der Waals surface area contributed by atoms with Gasteiger partial charge in [0.1, 0.15) is 11.5 Å². The second kappa shape index (κ2) is 5.29. The lowest BCUT2D eigenvalue weighted by Crippen LogP contribution is -2.36. The molecule has 2 aromatic carbocycles. The molecule has 0 saturated heterocycles. The monoisotopic (exact) mass is 268 g/mol. The average molecular weight is 268 g/mol. The van der Waals surface area contributed by atoms with Crippen molar-refractivity contribution in [1.82, 2.24) is 0 Å². The van der Waals surface area contributed by atoms with Crippen LogP contribution in [0.3, 0.4) is 0 Å². The Kier molecular flexibility index (Phi) is 3.49. The largest absolute Gasteiger partial charge is 0.457 e. The first-order valence-corrected chi connectivity index (χ1v) is 7.12. The standard InChI is InChI=1S/C18H20O2/c1-18(13-19)11-15(12-18)14-6-5-9-17(10-14)20-16-7-3-2-4-8-16/h2-10,15,19H,11-13H2,1H3/t15-,18+. The lowest BCUT2D eigenvalue weighted by atomic mass is 9.61. The van der Waals surface area contributed by atoms with Crippen molar-refractivity contribution in [3.8, 4) is 11.5 Å². The van der Waals surface area contributed by atoms with Gasteiger partial charge in [-0.2, -0.15) is 0 Å². The average Bonchev–Trinajstić information content (AvgIpc) is 2.45. The predicted molar refractivity (Wildman–Crippen MR) is 80.1 cm³/mol. The van der Waals surface area contributed by atoms with Crippen molar-refractivity contribution in [1.29, 1.82) is 0 Å². The molecule has 1 fully saturated rings. The molecule has 0 amide bonds. The molecule has 0 unspecified atom stereocenters. The van der Waals surface area contributed by atoms with Gasteiger partial charge in [-0.25, -0.2) is 0 Å². The second-order valence-electron chi connectivity index (χ2n) is 6.06. The van der Waals surface area contributed by atoms with Crippen LogP contribution >= 0.6 is 0 Å². The van der Waals surface area contributed by atoms with E-state index >= 15 is 0 Å². The van der Waals surface area contributed by atoms with Crippen LogP contribution in [0.15, 0.2) is 54.6 Å². The Morgan fingerprint density at radius 2 is 1.75 bits per heavy atom. The number of aliphatic hydroxyl groups is 1. The molecule has 1 aliphatic rings. The van der Waals surface area contributed by atoms with Crippen molar-refractivity contribution in [3.05, 3.63) is 60.2 Å². The summed E-state index contributed by atoms with van der Waals surface area (Å²) in [5.41, 5.74) is 1.42.